The first-order valence-corrected chi connectivity index (χ1v) is 4.75. The minimum Gasteiger partial charge on any atom is -0.411 e. The highest BCUT2D eigenvalue weighted by atomic mass is 35.5. The summed E-state index contributed by atoms with van der Waals surface area (Å²) >= 11 is 11.9. The van der Waals surface area contributed by atoms with Gasteiger partial charge in [-0.05, 0) is 26.3 Å². The molecular weight excluding hydrogens is 223 g/mol. The summed E-state index contributed by atoms with van der Waals surface area (Å²) in [6.07, 6.45) is 0. The molecule has 3 nitrogen and oxygen atoms in total. The van der Waals surface area contributed by atoms with Crippen molar-refractivity contribution in [2.75, 3.05) is 0 Å². The summed E-state index contributed by atoms with van der Waals surface area (Å²) in [6.45, 7) is 5.23. The van der Waals surface area contributed by atoms with E-state index >= 15 is 0 Å². The van der Waals surface area contributed by atoms with Crippen LogP contribution in [0.25, 0.3) is 0 Å². The fourth-order valence-electron chi connectivity index (χ4n) is 1.26. The first-order valence-electron chi connectivity index (χ1n) is 4.00. The molecule has 0 saturated heterocycles. The first-order chi connectivity index (χ1) is 6.49. The Morgan fingerprint density at radius 3 is 2.43 bits per heavy atom. The number of aromatic nitrogens is 1. The molecule has 0 amide bonds. The van der Waals surface area contributed by atoms with Gasteiger partial charge in [0.15, 0.2) is 0 Å². The van der Waals surface area contributed by atoms with Gasteiger partial charge in [0.25, 0.3) is 0 Å². The molecule has 0 aliphatic heterocycles. The van der Waals surface area contributed by atoms with Gasteiger partial charge in [-0.2, -0.15) is 0 Å². The standard InChI is InChI=1S/C9H10Cl2N2O/c1-4-7(5(2)13-14)9(11)12-6(3)8(4)10/h14H,1-3H3/b13-5-. The summed E-state index contributed by atoms with van der Waals surface area (Å²) < 4.78 is 0. The second-order valence-corrected chi connectivity index (χ2v) is 3.72. The lowest BCUT2D eigenvalue weighted by molar-refractivity contribution is 0.319. The van der Waals surface area contributed by atoms with E-state index in [1.165, 1.54) is 0 Å². The lowest BCUT2D eigenvalue weighted by Crippen LogP contribution is -2.03. The number of pyridine rings is 1. The van der Waals surface area contributed by atoms with Gasteiger partial charge in [-0.1, -0.05) is 28.4 Å². The molecule has 0 saturated carbocycles. The number of halogens is 2. The topological polar surface area (TPSA) is 45.5 Å². The highest BCUT2D eigenvalue weighted by Crippen LogP contribution is 2.27. The SMILES string of the molecule is C/C(=N/O)c1c(Cl)nc(C)c(Cl)c1C. The molecule has 1 aromatic rings. The third-order valence-corrected chi connectivity index (χ3v) is 2.84. The van der Waals surface area contributed by atoms with Crippen LogP contribution in [-0.4, -0.2) is 15.9 Å². The van der Waals surface area contributed by atoms with Crippen molar-refractivity contribution in [2.24, 2.45) is 5.16 Å². The van der Waals surface area contributed by atoms with Crippen LogP contribution in [0.4, 0.5) is 0 Å². The highest BCUT2D eigenvalue weighted by Gasteiger charge is 2.14. The summed E-state index contributed by atoms with van der Waals surface area (Å²) in [5, 5.41) is 12.6. The molecule has 1 heterocycles. The van der Waals surface area contributed by atoms with Crippen LogP contribution in [0, 0.1) is 13.8 Å². The van der Waals surface area contributed by atoms with Gasteiger partial charge in [0.1, 0.15) is 5.15 Å². The largest absolute Gasteiger partial charge is 0.411 e. The predicted molar refractivity (Wildman–Crippen MR) is 57.7 cm³/mol. The maximum Gasteiger partial charge on any atom is 0.138 e. The molecule has 0 atom stereocenters. The number of nitrogens with zero attached hydrogens (tertiary/aromatic N) is 2. The average molecular weight is 233 g/mol. The normalized spacial score (nSPS) is 11.9. The van der Waals surface area contributed by atoms with E-state index in [-0.39, 0.29) is 0 Å². The lowest BCUT2D eigenvalue weighted by Gasteiger charge is -2.09. The molecule has 0 aromatic carbocycles. The molecule has 0 aliphatic carbocycles. The van der Waals surface area contributed by atoms with Gasteiger partial charge in [0.05, 0.1) is 16.4 Å². The smallest absolute Gasteiger partial charge is 0.138 e. The van der Waals surface area contributed by atoms with E-state index in [2.05, 4.69) is 10.1 Å². The quantitative estimate of drug-likeness (QED) is 0.350. The fraction of sp³-hybridized carbons (Fsp3) is 0.333. The molecule has 0 aliphatic rings. The van der Waals surface area contributed by atoms with Crippen molar-refractivity contribution in [3.8, 4) is 0 Å². The summed E-state index contributed by atoms with van der Waals surface area (Å²) in [5.41, 5.74) is 2.44. The van der Waals surface area contributed by atoms with E-state index in [0.717, 1.165) is 5.56 Å². The van der Waals surface area contributed by atoms with Crippen molar-refractivity contribution in [3.05, 3.63) is 27.0 Å². The molecule has 1 aromatic heterocycles. The summed E-state index contributed by atoms with van der Waals surface area (Å²) in [6, 6.07) is 0. The zero-order chi connectivity index (χ0) is 10.9. The molecule has 0 spiro atoms. The van der Waals surface area contributed by atoms with E-state index in [1.807, 2.05) is 6.92 Å². The highest BCUT2D eigenvalue weighted by molar-refractivity contribution is 6.36. The molecule has 76 valence electrons. The van der Waals surface area contributed by atoms with Crippen LogP contribution in [0.1, 0.15) is 23.7 Å². The van der Waals surface area contributed by atoms with Crippen LogP contribution >= 0.6 is 23.2 Å². The van der Waals surface area contributed by atoms with Crippen LogP contribution in [0.15, 0.2) is 5.16 Å². The minimum absolute atomic E-state index is 0.305. The second-order valence-electron chi connectivity index (χ2n) is 2.99. The number of aryl methyl sites for hydroxylation is 1. The molecule has 14 heavy (non-hydrogen) atoms. The van der Waals surface area contributed by atoms with Gasteiger partial charge in [-0.15, -0.1) is 0 Å². The zero-order valence-corrected chi connectivity index (χ0v) is 9.61. The molecule has 1 N–H and O–H groups in total. The summed E-state index contributed by atoms with van der Waals surface area (Å²) in [5.74, 6) is 0. The Labute approximate surface area is 92.4 Å². The number of hydrogen-bond acceptors (Lipinski definition) is 3. The van der Waals surface area contributed by atoms with Gasteiger partial charge in [-0.3, -0.25) is 0 Å². The number of hydrogen-bond donors (Lipinski definition) is 1. The second kappa shape index (κ2) is 4.15. The monoisotopic (exact) mass is 232 g/mol. The average Bonchev–Trinajstić information content (AvgIpc) is 2.14. The molecule has 1 rings (SSSR count). The Morgan fingerprint density at radius 2 is 1.93 bits per heavy atom. The number of oxime groups is 1. The third kappa shape index (κ3) is 1.83. The lowest BCUT2D eigenvalue weighted by atomic mass is 10.1. The van der Waals surface area contributed by atoms with Gasteiger partial charge in [0, 0.05) is 5.56 Å². The van der Waals surface area contributed by atoms with Gasteiger partial charge in [0.2, 0.25) is 0 Å². The molecule has 0 fully saturated rings. The Bertz CT molecular complexity index is 402. The van der Waals surface area contributed by atoms with E-state index < -0.39 is 0 Å². The Balaban J connectivity index is 3.52. The van der Waals surface area contributed by atoms with Crippen LogP contribution in [0.3, 0.4) is 0 Å². The van der Waals surface area contributed by atoms with Crippen LogP contribution in [0.5, 0.6) is 0 Å². The Hall–Kier alpha value is -0.800. The molecule has 0 radical (unpaired) electrons. The van der Waals surface area contributed by atoms with Crippen LogP contribution < -0.4 is 0 Å². The molecular formula is C9H10Cl2N2O. The zero-order valence-electron chi connectivity index (χ0n) is 8.10. The van der Waals surface area contributed by atoms with Crippen LogP contribution in [0.2, 0.25) is 10.2 Å². The van der Waals surface area contributed by atoms with E-state index in [0.29, 0.717) is 27.1 Å². The minimum atomic E-state index is 0.305. The molecule has 0 unspecified atom stereocenters. The van der Waals surface area contributed by atoms with Crippen molar-refractivity contribution < 1.29 is 5.21 Å². The number of rotatable bonds is 1. The maximum absolute atomic E-state index is 8.66. The predicted octanol–water partition coefficient (Wildman–Crippen LogP) is 3.20. The summed E-state index contributed by atoms with van der Waals surface area (Å²) in [7, 11) is 0. The van der Waals surface area contributed by atoms with Crippen molar-refractivity contribution >= 4 is 28.9 Å². The van der Waals surface area contributed by atoms with Gasteiger partial charge in [-0.25, -0.2) is 4.98 Å². The Kier molecular flexibility index (Phi) is 3.34. The first kappa shape index (κ1) is 11.3. The van der Waals surface area contributed by atoms with Gasteiger partial charge >= 0.3 is 0 Å². The van der Waals surface area contributed by atoms with Crippen molar-refractivity contribution in [3.63, 3.8) is 0 Å². The van der Waals surface area contributed by atoms with Gasteiger partial charge < -0.3 is 5.21 Å². The summed E-state index contributed by atoms with van der Waals surface area (Å²) in [4.78, 5) is 4.04. The van der Waals surface area contributed by atoms with Crippen molar-refractivity contribution in [1.29, 1.82) is 0 Å². The fourth-order valence-corrected chi connectivity index (χ4v) is 1.80. The Morgan fingerprint density at radius 1 is 1.36 bits per heavy atom. The third-order valence-electron chi connectivity index (χ3n) is 2.01. The maximum atomic E-state index is 8.66. The van der Waals surface area contributed by atoms with Crippen molar-refractivity contribution in [1.82, 2.24) is 4.98 Å². The van der Waals surface area contributed by atoms with Crippen LogP contribution in [-0.2, 0) is 0 Å². The molecule has 0 bridgehead atoms. The van der Waals surface area contributed by atoms with E-state index in [9.17, 15) is 0 Å². The van der Waals surface area contributed by atoms with E-state index in [1.54, 1.807) is 13.8 Å². The van der Waals surface area contributed by atoms with Crippen molar-refractivity contribution in [2.45, 2.75) is 20.8 Å². The van der Waals surface area contributed by atoms with E-state index in [4.69, 9.17) is 28.4 Å². The molecule has 5 heteroatoms.